The highest BCUT2D eigenvalue weighted by Gasteiger charge is 2.56. The standard InChI is InChI=1S/C18H39NO4Si/c1-9-16(24(20-10-2,21-11-3)22-12-4)23-18(7)14-13-15-19(8)17(18,5)6/h16H,9-15H2,1-8H3. The number of ether oxygens (including phenoxy) is 1. The lowest BCUT2D eigenvalue weighted by molar-refractivity contribution is -0.175. The molecule has 0 spiro atoms. The Morgan fingerprint density at radius 2 is 1.46 bits per heavy atom. The van der Waals surface area contributed by atoms with Crippen molar-refractivity contribution < 1.29 is 18.0 Å². The molecule has 1 fully saturated rings. The van der Waals surface area contributed by atoms with Gasteiger partial charge >= 0.3 is 8.80 Å². The van der Waals surface area contributed by atoms with Crippen molar-refractivity contribution in [1.82, 2.24) is 4.90 Å². The van der Waals surface area contributed by atoms with Gasteiger partial charge in [-0.25, -0.2) is 0 Å². The van der Waals surface area contributed by atoms with E-state index in [4.69, 9.17) is 18.0 Å². The maximum absolute atomic E-state index is 6.78. The van der Waals surface area contributed by atoms with Crippen molar-refractivity contribution in [3.63, 3.8) is 0 Å². The van der Waals surface area contributed by atoms with E-state index >= 15 is 0 Å². The topological polar surface area (TPSA) is 40.2 Å². The van der Waals surface area contributed by atoms with Crippen molar-refractivity contribution in [2.24, 2.45) is 0 Å². The Morgan fingerprint density at radius 1 is 0.958 bits per heavy atom. The zero-order valence-corrected chi connectivity index (χ0v) is 18.1. The van der Waals surface area contributed by atoms with Crippen LogP contribution in [0.1, 0.15) is 67.7 Å². The van der Waals surface area contributed by atoms with E-state index in [1.54, 1.807) is 0 Å². The Hall–Kier alpha value is 0.0169. The average molecular weight is 362 g/mol. The van der Waals surface area contributed by atoms with E-state index in [0.717, 1.165) is 25.8 Å². The number of likely N-dealkylation sites (tertiary alicyclic amines) is 1. The molecule has 1 rings (SSSR count). The fourth-order valence-electron chi connectivity index (χ4n) is 3.57. The molecule has 0 aromatic carbocycles. The minimum Gasteiger partial charge on any atom is -0.372 e. The van der Waals surface area contributed by atoms with Gasteiger partial charge in [-0.15, -0.1) is 0 Å². The van der Waals surface area contributed by atoms with Gasteiger partial charge in [-0.1, -0.05) is 6.92 Å². The minimum absolute atomic E-state index is 0.0521. The quantitative estimate of drug-likeness (QED) is 0.556. The first-order chi connectivity index (χ1) is 11.2. The molecule has 0 aromatic rings. The molecule has 5 nitrogen and oxygen atoms in total. The number of piperidine rings is 1. The number of nitrogens with zero attached hydrogens (tertiary/aromatic N) is 1. The van der Waals surface area contributed by atoms with Crippen LogP contribution in [-0.2, 0) is 18.0 Å². The summed E-state index contributed by atoms with van der Waals surface area (Å²) in [6.45, 7) is 17.7. The molecular formula is C18H39NO4Si. The van der Waals surface area contributed by atoms with Gasteiger partial charge in [0.15, 0.2) is 0 Å². The Kier molecular flexibility index (Phi) is 8.36. The molecule has 1 saturated heterocycles. The minimum atomic E-state index is -2.88. The van der Waals surface area contributed by atoms with E-state index in [-0.39, 0.29) is 16.9 Å². The van der Waals surface area contributed by atoms with Crippen molar-refractivity contribution in [2.45, 2.75) is 84.6 Å². The van der Waals surface area contributed by atoms with Crippen LogP contribution in [-0.4, -0.2) is 64.0 Å². The zero-order valence-electron chi connectivity index (χ0n) is 17.1. The lowest BCUT2D eigenvalue weighted by Gasteiger charge is -2.55. The van der Waals surface area contributed by atoms with Crippen molar-refractivity contribution in [3.05, 3.63) is 0 Å². The van der Waals surface area contributed by atoms with Gasteiger partial charge in [-0.2, -0.15) is 0 Å². The van der Waals surface area contributed by atoms with Crippen molar-refractivity contribution >= 4 is 8.80 Å². The summed E-state index contributed by atoms with van der Waals surface area (Å²) < 4.78 is 25.1. The molecule has 0 N–H and O–H groups in total. The van der Waals surface area contributed by atoms with Crippen LogP contribution < -0.4 is 0 Å². The van der Waals surface area contributed by atoms with Gasteiger partial charge < -0.3 is 18.0 Å². The summed E-state index contributed by atoms with van der Waals surface area (Å²) in [4.78, 5) is 2.40. The maximum Gasteiger partial charge on any atom is 0.531 e. The third-order valence-corrected chi connectivity index (χ3v) is 8.99. The van der Waals surface area contributed by atoms with E-state index in [1.807, 2.05) is 20.8 Å². The molecule has 24 heavy (non-hydrogen) atoms. The highest BCUT2D eigenvalue weighted by Crippen LogP contribution is 2.41. The van der Waals surface area contributed by atoms with Gasteiger partial charge in [-0.05, 0) is 74.4 Å². The molecule has 0 amide bonds. The normalized spacial score (nSPS) is 26.5. The first-order valence-corrected chi connectivity index (χ1v) is 11.3. The van der Waals surface area contributed by atoms with Gasteiger partial charge in [-0.3, -0.25) is 4.90 Å². The van der Waals surface area contributed by atoms with Crippen LogP contribution >= 0.6 is 0 Å². The van der Waals surface area contributed by atoms with E-state index in [1.165, 1.54) is 0 Å². The molecule has 1 aliphatic heterocycles. The summed E-state index contributed by atoms with van der Waals surface area (Å²) in [6, 6.07) is 0. The van der Waals surface area contributed by atoms with Crippen molar-refractivity contribution in [3.8, 4) is 0 Å². The summed E-state index contributed by atoms with van der Waals surface area (Å²) in [5.74, 6) is 0. The molecule has 0 saturated carbocycles. The molecule has 0 bridgehead atoms. The van der Waals surface area contributed by atoms with E-state index in [0.29, 0.717) is 19.8 Å². The molecule has 2 atom stereocenters. The van der Waals surface area contributed by atoms with Crippen molar-refractivity contribution in [1.29, 1.82) is 0 Å². The van der Waals surface area contributed by atoms with Crippen LogP contribution in [0.4, 0.5) is 0 Å². The zero-order chi connectivity index (χ0) is 18.4. The van der Waals surface area contributed by atoms with Crippen LogP contribution in [0.5, 0.6) is 0 Å². The van der Waals surface area contributed by atoms with Crippen molar-refractivity contribution in [2.75, 3.05) is 33.4 Å². The lowest BCUT2D eigenvalue weighted by atomic mass is 9.76. The maximum atomic E-state index is 6.78. The second kappa shape index (κ2) is 9.10. The van der Waals surface area contributed by atoms with Gasteiger partial charge in [0.05, 0.1) is 5.60 Å². The lowest BCUT2D eigenvalue weighted by Crippen LogP contribution is -2.67. The summed E-state index contributed by atoms with van der Waals surface area (Å²) in [7, 11) is -0.701. The number of rotatable bonds is 10. The summed E-state index contributed by atoms with van der Waals surface area (Å²) in [6.07, 6.45) is 3.00. The molecule has 2 unspecified atom stereocenters. The fourth-order valence-corrected chi connectivity index (χ4v) is 6.49. The Morgan fingerprint density at radius 3 is 1.88 bits per heavy atom. The second-order valence-corrected chi connectivity index (χ2v) is 9.95. The third kappa shape index (κ3) is 4.40. The molecular weight excluding hydrogens is 322 g/mol. The van der Waals surface area contributed by atoms with Crippen LogP contribution in [0.15, 0.2) is 0 Å². The van der Waals surface area contributed by atoms with E-state index in [2.05, 4.69) is 39.6 Å². The number of hydrogen-bond donors (Lipinski definition) is 0. The largest absolute Gasteiger partial charge is 0.531 e. The predicted molar refractivity (Wildman–Crippen MR) is 100 cm³/mol. The van der Waals surface area contributed by atoms with Gasteiger partial charge in [0, 0.05) is 25.4 Å². The van der Waals surface area contributed by atoms with Crippen LogP contribution in [0.3, 0.4) is 0 Å². The van der Waals surface area contributed by atoms with E-state index in [9.17, 15) is 0 Å². The first kappa shape index (κ1) is 22.1. The smallest absolute Gasteiger partial charge is 0.372 e. The average Bonchev–Trinajstić information content (AvgIpc) is 2.51. The molecule has 0 aromatic heterocycles. The number of likely N-dealkylation sites (N-methyl/N-ethyl adjacent to an activating group) is 1. The van der Waals surface area contributed by atoms with Gasteiger partial charge in [0.1, 0.15) is 5.73 Å². The Bertz CT molecular complexity index is 363. The molecule has 1 aliphatic rings. The Balaban J connectivity index is 3.12. The van der Waals surface area contributed by atoms with E-state index < -0.39 is 8.80 Å². The molecule has 144 valence electrons. The first-order valence-electron chi connectivity index (χ1n) is 9.53. The SMILES string of the molecule is CCO[Si](OCC)(OCC)C(CC)OC1(C)CCCN(C)C1(C)C. The summed E-state index contributed by atoms with van der Waals surface area (Å²) >= 11 is 0. The Labute approximate surface area is 150 Å². The molecule has 0 radical (unpaired) electrons. The summed E-state index contributed by atoms with van der Waals surface area (Å²) in [5, 5.41) is 0. The van der Waals surface area contributed by atoms with Gasteiger partial charge in [0.2, 0.25) is 0 Å². The predicted octanol–water partition coefficient (Wildman–Crippen LogP) is 3.63. The second-order valence-electron chi connectivity index (χ2n) is 7.23. The fraction of sp³-hybridized carbons (Fsp3) is 1.00. The highest BCUT2D eigenvalue weighted by molar-refractivity contribution is 6.62. The highest BCUT2D eigenvalue weighted by atomic mass is 28.4. The van der Waals surface area contributed by atoms with Crippen LogP contribution in [0.25, 0.3) is 0 Å². The monoisotopic (exact) mass is 361 g/mol. The number of hydrogen-bond acceptors (Lipinski definition) is 5. The summed E-state index contributed by atoms with van der Waals surface area (Å²) in [5.41, 5.74) is -0.457. The third-order valence-electron chi connectivity index (χ3n) is 5.60. The van der Waals surface area contributed by atoms with Crippen LogP contribution in [0.2, 0.25) is 0 Å². The molecule has 6 heteroatoms. The van der Waals surface area contributed by atoms with Crippen LogP contribution in [0, 0.1) is 0 Å². The molecule has 1 heterocycles. The van der Waals surface area contributed by atoms with Gasteiger partial charge in [0.25, 0.3) is 0 Å². The molecule has 0 aliphatic carbocycles.